The van der Waals surface area contributed by atoms with Crippen LogP contribution in [0.1, 0.15) is 0 Å². The van der Waals surface area contributed by atoms with Crippen molar-refractivity contribution in [1.29, 1.82) is 0 Å². The maximum Gasteiger partial charge on any atom is 0.295 e. The fraction of sp³-hybridized carbons (Fsp3) is 0.455. The van der Waals surface area contributed by atoms with E-state index in [0.717, 1.165) is 0 Å². The SMILES string of the molecule is NCC1CN(c2c(F)cccc2[N+](=O)[O-])CCO1. The molecular weight excluding hydrogens is 241 g/mol. The van der Waals surface area contributed by atoms with Gasteiger partial charge in [-0.15, -0.1) is 0 Å². The van der Waals surface area contributed by atoms with Gasteiger partial charge in [-0.1, -0.05) is 6.07 Å². The van der Waals surface area contributed by atoms with Crippen molar-refractivity contribution in [3.8, 4) is 0 Å². The number of rotatable bonds is 3. The summed E-state index contributed by atoms with van der Waals surface area (Å²) in [7, 11) is 0. The highest BCUT2D eigenvalue weighted by Crippen LogP contribution is 2.31. The van der Waals surface area contributed by atoms with E-state index in [1.54, 1.807) is 4.90 Å². The van der Waals surface area contributed by atoms with Gasteiger partial charge in [0.05, 0.1) is 17.6 Å². The average Bonchev–Trinajstić information content (AvgIpc) is 2.38. The van der Waals surface area contributed by atoms with Gasteiger partial charge in [0.15, 0.2) is 11.5 Å². The fourth-order valence-corrected chi connectivity index (χ4v) is 2.03. The lowest BCUT2D eigenvalue weighted by atomic mass is 10.2. The predicted molar refractivity (Wildman–Crippen MR) is 64.1 cm³/mol. The molecule has 98 valence electrons. The first-order valence-electron chi connectivity index (χ1n) is 5.63. The Morgan fingerprint density at radius 3 is 3.06 bits per heavy atom. The number of para-hydroxylation sites is 1. The number of ether oxygens (including phenoxy) is 1. The van der Waals surface area contributed by atoms with E-state index in [4.69, 9.17) is 10.5 Å². The molecule has 2 rings (SSSR count). The Kier molecular flexibility index (Phi) is 3.73. The summed E-state index contributed by atoms with van der Waals surface area (Å²) in [6, 6.07) is 3.85. The molecule has 2 N–H and O–H groups in total. The maximum atomic E-state index is 13.8. The van der Waals surface area contributed by atoms with Gasteiger partial charge in [0.2, 0.25) is 0 Å². The van der Waals surface area contributed by atoms with Crippen LogP contribution in [0.2, 0.25) is 0 Å². The lowest BCUT2D eigenvalue weighted by molar-refractivity contribution is -0.384. The number of hydrogen-bond donors (Lipinski definition) is 1. The van der Waals surface area contributed by atoms with Crippen molar-refractivity contribution >= 4 is 11.4 Å². The molecule has 0 bridgehead atoms. The lowest BCUT2D eigenvalue weighted by Gasteiger charge is -2.33. The number of anilines is 1. The van der Waals surface area contributed by atoms with Gasteiger partial charge in [0.25, 0.3) is 5.69 Å². The van der Waals surface area contributed by atoms with Crippen LogP contribution in [0.4, 0.5) is 15.8 Å². The number of halogens is 1. The number of nitrogens with two attached hydrogens (primary N) is 1. The molecule has 1 aromatic carbocycles. The Morgan fingerprint density at radius 1 is 1.61 bits per heavy atom. The van der Waals surface area contributed by atoms with Gasteiger partial charge in [-0.3, -0.25) is 10.1 Å². The van der Waals surface area contributed by atoms with Crippen LogP contribution < -0.4 is 10.6 Å². The molecule has 0 saturated carbocycles. The summed E-state index contributed by atoms with van der Waals surface area (Å²) in [6.45, 7) is 1.46. The van der Waals surface area contributed by atoms with Crippen molar-refractivity contribution in [2.45, 2.75) is 6.10 Å². The van der Waals surface area contributed by atoms with Crippen LogP contribution in [-0.4, -0.2) is 37.3 Å². The minimum atomic E-state index is -0.595. The van der Waals surface area contributed by atoms with Gasteiger partial charge >= 0.3 is 0 Å². The van der Waals surface area contributed by atoms with E-state index in [9.17, 15) is 14.5 Å². The molecule has 7 heteroatoms. The highest BCUT2D eigenvalue weighted by atomic mass is 19.1. The van der Waals surface area contributed by atoms with E-state index in [1.165, 1.54) is 18.2 Å². The maximum absolute atomic E-state index is 13.8. The second kappa shape index (κ2) is 5.28. The molecule has 1 aliphatic heterocycles. The van der Waals surface area contributed by atoms with Crippen molar-refractivity contribution in [3.05, 3.63) is 34.1 Å². The summed E-state index contributed by atoms with van der Waals surface area (Å²) >= 11 is 0. The van der Waals surface area contributed by atoms with E-state index in [-0.39, 0.29) is 17.5 Å². The lowest BCUT2D eigenvalue weighted by Crippen LogP contribution is -2.46. The molecule has 1 heterocycles. The van der Waals surface area contributed by atoms with Crippen molar-refractivity contribution in [2.24, 2.45) is 5.73 Å². The smallest absolute Gasteiger partial charge is 0.295 e. The molecule has 18 heavy (non-hydrogen) atoms. The van der Waals surface area contributed by atoms with Gasteiger partial charge in [0.1, 0.15) is 0 Å². The monoisotopic (exact) mass is 255 g/mol. The Hall–Kier alpha value is -1.73. The third-order valence-electron chi connectivity index (χ3n) is 2.88. The molecule has 0 aromatic heterocycles. The zero-order chi connectivity index (χ0) is 13.1. The third kappa shape index (κ3) is 2.41. The number of nitro groups is 1. The Bertz CT molecular complexity index is 455. The van der Waals surface area contributed by atoms with E-state index in [1.807, 2.05) is 0 Å². The number of nitrogens with zero attached hydrogens (tertiary/aromatic N) is 2. The van der Waals surface area contributed by atoms with Crippen LogP contribution in [0.3, 0.4) is 0 Å². The minimum absolute atomic E-state index is 0.0178. The quantitative estimate of drug-likeness (QED) is 0.641. The molecule has 6 nitrogen and oxygen atoms in total. The first-order valence-corrected chi connectivity index (χ1v) is 5.63. The van der Waals surface area contributed by atoms with Crippen molar-refractivity contribution in [3.63, 3.8) is 0 Å². The number of morpholine rings is 1. The van der Waals surface area contributed by atoms with Crippen LogP contribution in [0, 0.1) is 15.9 Å². The van der Waals surface area contributed by atoms with E-state index in [0.29, 0.717) is 26.2 Å². The molecule has 0 spiro atoms. The van der Waals surface area contributed by atoms with Crippen LogP contribution in [0.25, 0.3) is 0 Å². The Morgan fingerprint density at radius 2 is 2.39 bits per heavy atom. The summed E-state index contributed by atoms with van der Waals surface area (Å²) in [4.78, 5) is 12.0. The highest BCUT2D eigenvalue weighted by Gasteiger charge is 2.28. The first-order chi connectivity index (χ1) is 8.63. The van der Waals surface area contributed by atoms with E-state index >= 15 is 0 Å². The van der Waals surface area contributed by atoms with Gasteiger partial charge in [-0.2, -0.15) is 0 Å². The highest BCUT2D eigenvalue weighted by molar-refractivity contribution is 5.64. The van der Waals surface area contributed by atoms with Gasteiger partial charge < -0.3 is 15.4 Å². The van der Waals surface area contributed by atoms with Crippen LogP contribution >= 0.6 is 0 Å². The van der Waals surface area contributed by atoms with Gasteiger partial charge in [0, 0.05) is 25.7 Å². The third-order valence-corrected chi connectivity index (χ3v) is 2.88. The molecule has 0 aliphatic carbocycles. The number of nitro benzene ring substituents is 1. The van der Waals surface area contributed by atoms with Crippen molar-refractivity contribution < 1.29 is 14.1 Å². The number of hydrogen-bond acceptors (Lipinski definition) is 5. The topological polar surface area (TPSA) is 81.6 Å². The first kappa shape index (κ1) is 12.7. The largest absolute Gasteiger partial charge is 0.373 e. The summed E-state index contributed by atoms with van der Waals surface area (Å²) < 4.78 is 19.2. The molecule has 1 aliphatic rings. The van der Waals surface area contributed by atoms with Crippen molar-refractivity contribution in [2.75, 3.05) is 31.1 Å². The standard InChI is InChI=1S/C11H14FN3O3/c12-9-2-1-3-10(15(16)17)11(9)14-4-5-18-8(6-13)7-14/h1-3,8H,4-7,13H2. The molecule has 0 radical (unpaired) electrons. The Labute approximate surface area is 103 Å². The fourth-order valence-electron chi connectivity index (χ4n) is 2.03. The van der Waals surface area contributed by atoms with Crippen LogP contribution in [0.5, 0.6) is 0 Å². The molecular formula is C11H14FN3O3. The molecule has 1 unspecified atom stereocenters. The van der Waals surface area contributed by atoms with Crippen LogP contribution in [-0.2, 0) is 4.74 Å². The Balaban J connectivity index is 2.34. The molecule has 0 amide bonds. The molecule has 1 saturated heterocycles. The second-order valence-corrected chi connectivity index (χ2v) is 4.04. The zero-order valence-electron chi connectivity index (χ0n) is 9.71. The van der Waals surface area contributed by atoms with Gasteiger partial charge in [-0.25, -0.2) is 4.39 Å². The summed E-state index contributed by atoms with van der Waals surface area (Å²) in [6.07, 6.45) is -0.224. The number of benzene rings is 1. The van der Waals surface area contributed by atoms with Crippen LogP contribution in [0.15, 0.2) is 18.2 Å². The molecule has 1 aromatic rings. The average molecular weight is 255 g/mol. The predicted octanol–water partition coefficient (Wildman–Crippen LogP) is 0.898. The van der Waals surface area contributed by atoms with Gasteiger partial charge in [-0.05, 0) is 6.07 Å². The van der Waals surface area contributed by atoms with E-state index < -0.39 is 10.7 Å². The molecule has 1 fully saturated rings. The van der Waals surface area contributed by atoms with Crippen molar-refractivity contribution in [1.82, 2.24) is 0 Å². The minimum Gasteiger partial charge on any atom is -0.373 e. The second-order valence-electron chi connectivity index (χ2n) is 4.04. The molecule has 1 atom stereocenters. The summed E-state index contributed by atoms with van der Waals surface area (Å²) in [5.41, 5.74) is 5.29. The van der Waals surface area contributed by atoms with E-state index in [2.05, 4.69) is 0 Å². The summed E-state index contributed by atoms with van der Waals surface area (Å²) in [5, 5.41) is 10.9. The zero-order valence-corrected chi connectivity index (χ0v) is 9.71. The summed E-state index contributed by atoms with van der Waals surface area (Å²) in [5.74, 6) is -0.595. The normalized spacial score (nSPS) is 19.9.